The first-order valence-corrected chi connectivity index (χ1v) is 7.19. The molecule has 4 rings (SSSR count). The van der Waals surface area contributed by atoms with E-state index in [1.165, 1.54) is 38.6 Å². The third-order valence-electron chi connectivity index (χ3n) is 4.05. The zero-order chi connectivity index (χ0) is 14.2. The smallest absolute Gasteiger partial charge is 0.0713 e. The second kappa shape index (κ2) is 4.87. The zero-order valence-electron chi connectivity index (χ0n) is 12.0. The van der Waals surface area contributed by atoms with E-state index < -0.39 is 0 Å². The summed E-state index contributed by atoms with van der Waals surface area (Å²) in [6.07, 6.45) is 2.30. The van der Waals surface area contributed by atoms with Gasteiger partial charge in [-0.3, -0.25) is 0 Å². The lowest BCUT2D eigenvalue weighted by atomic mass is 9.96. The van der Waals surface area contributed by atoms with Gasteiger partial charge in [-0.1, -0.05) is 48.5 Å². The lowest BCUT2D eigenvalue weighted by Crippen LogP contribution is -1.92. The number of methoxy groups -OCH3 is 1. The molecular weight excluding hydrogens is 256 g/mol. The van der Waals surface area contributed by atoms with Crippen molar-refractivity contribution >= 4 is 22.4 Å². The molecule has 1 aliphatic carbocycles. The summed E-state index contributed by atoms with van der Waals surface area (Å²) in [4.78, 5) is 0. The summed E-state index contributed by atoms with van der Waals surface area (Å²) in [6.45, 7) is 0.648. The molecule has 3 aromatic rings. The third kappa shape index (κ3) is 1.98. The minimum Gasteiger partial charge on any atom is -0.380 e. The van der Waals surface area contributed by atoms with Gasteiger partial charge in [-0.15, -0.1) is 0 Å². The fourth-order valence-corrected chi connectivity index (χ4v) is 3.19. The summed E-state index contributed by atoms with van der Waals surface area (Å²) >= 11 is 0. The van der Waals surface area contributed by atoms with E-state index in [9.17, 15) is 0 Å². The normalized spacial score (nSPS) is 12.7. The average Bonchev–Trinajstić information content (AvgIpc) is 2.89. The number of ether oxygens (including phenoxy) is 1. The van der Waals surface area contributed by atoms with Gasteiger partial charge in [0.25, 0.3) is 0 Å². The Bertz CT molecular complexity index is 844. The molecule has 0 fully saturated rings. The Morgan fingerprint density at radius 3 is 2.57 bits per heavy atom. The molecular formula is C20H16O. The van der Waals surface area contributed by atoms with Crippen LogP contribution in [0.25, 0.3) is 22.4 Å². The third-order valence-corrected chi connectivity index (χ3v) is 4.05. The van der Waals surface area contributed by atoms with Crippen molar-refractivity contribution in [1.29, 1.82) is 0 Å². The highest BCUT2D eigenvalue weighted by Crippen LogP contribution is 2.40. The minimum atomic E-state index is 0.648. The van der Waals surface area contributed by atoms with Crippen LogP contribution in [0.4, 0.5) is 0 Å². The highest BCUT2D eigenvalue weighted by atomic mass is 16.5. The van der Waals surface area contributed by atoms with Crippen LogP contribution in [-0.2, 0) is 11.3 Å². The average molecular weight is 272 g/mol. The predicted molar refractivity (Wildman–Crippen MR) is 88.1 cm³/mol. The van der Waals surface area contributed by atoms with Crippen LogP contribution in [0.2, 0.25) is 0 Å². The van der Waals surface area contributed by atoms with Crippen LogP contribution in [-0.4, -0.2) is 7.11 Å². The maximum absolute atomic E-state index is 5.31. The predicted octanol–water partition coefficient (Wildman–Crippen LogP) is 4.89. The van der Waals surface area contributed by atoms with Crippen LogP contribution in [0.5, 0.6) is 0 Å². The van der Waals surface area contributed by atoms with Gasteiger partial charge in [-0.25, -0.2) is 0 Å². The van der Waals surface area contributed by atoms with Crippen molar-refractivity contribution in [2.75, 3.05) is 7.11 Å². The van der Waals surface area contributed by atoms with E-state index >= 15 is 0 Å². The van der Waals surface area contributed by atoms with Gasteiger partial charge in [-0.05, 0) is 56.8 Å². The number of hydrogen-bond donors (Lipinski definition) is 0. The molecule has 0 amide bonds. The molecule has 1 heteroatoms. The van der Waals surface area contributed by atoms with Gasteiger partial charge in [0.15, 0.2) is 0 Å². The number of hydrogen-bond acceptors (Lipinski definition) is 1. The zero-order valence-corrected chi connectivity index (χ0v) is 12.0. The van der Waals surface area contributed by atoms with Crippen molar-refractivity contribution < 1.29 is 4.74 Å². The summed E-state index contributed by atoms with van der Waals surface area (Å²) in [6, 6.07) is 21.6. The van der Waals surface area contributed by atoms with E-state index in [4.69, 9.17) is 4.74 Å². The molecule has 0 aliphatic heterocycles. The molecule has 1 aliphatic rings. The van der Waals surface area contributed by atoms with E-state index in [1.807, 2.05) is 0 Å². The van der Waals surface area contributed by atoms with Crippen molar-refractivity contribution in [1.82, 2.24) is 0 Å². The Balaban J connectivity index is 1.98. The maximum Gasteiger partial charge on any atom is 0.0713 e. The van der Waals surface area contributed by atoms with Gasteiger partial charge in [0.1, 0.15) is 0 Å². The summed E-state index contributed by atoms with van der Waals surface area (Å²) in [5.74, 6) is 0. The van der Waals surface area contributed by atoms with Crippen molar-refractivity contribution in [3.63, 3.8) is 0 Å². The molecule has 0 saturated carbocycles. The molecule has 102 valence electrons. The van der Waals surface area contributed by atoms with Gasteiger partial charge < -0.3 is 4.74 Å². The van der Waals surface area contributed by atoms with E-state index in [0.29, 0.717) is 6.61 Å². The van der Waals surface area contributed by atoms with Gasteiger partial charge in [0.05, 0.1) is 6.61 Å². The number of rotatable bonds is 3. The molecule has 0 bridgehead atoms. The Kier molecular flexibility index (Phi) is 2.87. The quantitative estimate of drug-likeness (QED) is 0.516. The molecule has 0 spiro atoms. The van der Waals surface area contributed by atoms with Crippen LogP contribution < -0.4 is 0 Å². The second-order valence-corrected chi connectivity index (χ2v) is 5.45. The lowest BCUT2D eigenvalue weighted by molar-refractivity contribution is 0.185. The van der Waals surface area contributed by atoms with Crippen LogP contribution >= 0.6 is 0 Å². The molecule has 0 saturated heterocycles. The Labute approximate surface area is 124 Å². The maximum atomic E-state index is 5.31. The summed E-state index contributed by atoms with van der Waals surface area (Å²) in [5, 5.41) is 2.65. The van der Waals surface area contributed by atoms with Gasteiger partial charge >= 0.3 is 0 Å². The first kappa shape index (κ1) is 12.4. The first-order valence-electron chi connectivity index (χ1n) is 7.19. The van der Waals surface area contributed by atoms with E-state index in [-0.39, 0.29) is 0 Å². The molecule has 0 radical (unpaired) electrons. The van der Waals surface area contributed by atoms with Crippen LogP contribution in [0.3, 0.4) is 0 Å². The summed E-state index contributed by atoms with van der Waals surface area (Å²) in [5.41, 5.74) is 6.43. The van der Waals surface area contributed by atoms with Gasteiger partial charge in [0.2, 0.25) is 0 Å². The van der Waals surface area contributed by atoms with Crippen LogP contribution in [0.1, 0.15) is 22.3 Å². The standard InChI is InChI=1S/C20H16O/c1-21-13-14-10-16-8-5-9-17-12-18(19(11-14)20(16)17)15-6-3-2-4-7-15/h2-12H,13H2,1H3. The minimum absolute atomic E-state index is 0.648. The van der Waals surface area contributed by atoms with E-state index in [0.717, 1.165) is 0 Å². The summed E-state index contributed by atoms with van der Waals surface area (Å²) < 4.78 is 5.31. The lowest BCUT2D eigenvalue weighted by Gasteiger charge is -2.10. The van der Waals surface area contributed by atoms with Crippen molar-refractivity contribution in [3.05, 3.63) is 82.9 Å². The molecule has 0 atom stereocenters. The highest BCUT2D eigenvalue weighted by molar-refractivity contribution is 6.13. The highest BCUT2D eigenvalue weighted by Gasteiger charge is 2.18. The molecule has 0 heterocycles. The topological polar surface area (TPSA) is 9.23 Å². The van der Waals surface area contributed by atoms with Crippen molar-refractivity contribution in [2.45, 2.75) is 6.61 Å². The van der Waals surface area contributed by atoms with Crippen LogP contribution in [0.15, 0.2) is 60.7 Å². The largest absolute Gasteiger partial charge is 0.380 e. The van der Waals surface area contributed by atoms with Crippen LogP contribution in [0, 0.1) is 0 Å². The molecule has 21 heavy (non-hydrogen) atoms. The van der Waals surface area contributed by atoms with Crippen molar-refractivity contribution in [3.8, 4) is 0 Å². The second-order valence-electron chi connectivity index (χ2n) is 5.45. The summed E-state index contributed by atoms with van der Waals surface area (Å²) in [7, 11) is 1.74. The monoisotopic (exact) mass is 272 g/mol. The first-order chi connectivity index (χ1) is 10.4. The van der Waals surface area contributed by atoms with Gasteiger partial charge in [-0.2, -0.15) is 0 Å². The Hall–Kier alpha value is -2.38. The molecule has 3 aromatic carbocycles. The molecule has 0 N–H and O–H groups in total. The molecule has 0 unspecified atom stereocenters. The number of benzene rings is 3. The van der Waals surface area contributed by atoms with E-state index in [2.05, 4.69) is 66.7 Å². The van der Waals surface area contributed by atoms with Crippen molar-refractivity contribution in [2.24, 2.45) is 0 Å². The van der Waals surface area contributed by atoms with Gasteiger partial charge in [0, 0.05) is 7.11 Å². The Morgan fingerprint density at radius 1 is 0.905 bits per heavy atom. The fourth-order valence-electron chi connectivity index (χ4n) is 3.19. The SMILES string of the molecule is COCc1cc2c3c(cccc3c1)C=C2c1ccccc1. The Morgan fingerprint density at radius 2 is 1.76 bits per heavy atom. The molecule has 0 aromatic heterocycles. The fraction of sp³-hybridized carbons (Fsp3) is 0.100. The molecule has 1 nitrogen and oxygen atoms in total. The van der Waals surface area contributed by atoms with E-state index in [1.54, 1.807) is 7.11 Å².